The molecule has 0 aliphatic carbocycles. The second-order valence-corrected chi connectivity index (χ2v) is 10.3. The van der Waals surface area contributed by atoms with Gasteiger partial charge in [0.1, 0.15) is 23.9 Å². The molecule has 4 atom stereocenters. The summed E-state index contributed by atoms with van der Waals surface area (Å²) in [5.74, 6) is -4.83. The highest BCUT2D eigenvalue weighted by molar-refractivity contribution is 5.95. The average molecular weight is 580 g/mol. The lowest BCUT2D eigenvalue weighted by molar-refractivity contribution is -0.148. The van der Waals surface area contributed by atoms with Gasteiger partial charge >= 0.3 is 11.9 Å². The topological polar surface area (TPSA) is 215 Å². The van der Waals surface area contributed by atoms with E-state index >= 15 is 0 Å². The Balaban J connectivity index is 1.51. The van der Waals surface area contributed by atoms with Crippen LogP contribution in [0, 0.1) is 0 Å². The maximum Gasteiger partial charge on any atom is 0.326 e. The van der Waals surface area contributed by atoms with E-state index < -0.39 is 60.2 Å². The number of phenolic OH excluding ortho intramolecular Hbond substituents is 1. The van der Waals surface area contributed by atoms with E-state index in [1.54, 1.807) is 18.3 Å². The molecular weight excluding hydrogens is 546 g/mol. The summed E-state index contributed by atoms with van der Waals surface area (Å²) in [5.41, 5.74) is 8.62. The molecule has 0 radical (unpaired) electrons. The molecule has 2 aromatic carbocycles. The van der Waals surface area contributed by atoms with Crippen molar-refractivity contribution >= 4 is 40.6 Å². The number of fused-ring (bicyclic) bond motifs is 1. The number of phenols is 1. The Kier molecular flexibility index (Phi) is 9.42. The van der Waals surface area contributed by atoms with Crippen LogP contribution in [0.4, 0.5) is 0 Å². The minimum Gasteiger partial charge on any atom is -0.508 e. The largest absolute Gasteiger partial charge is 0.508 e. The van der Waals surface area contributed by atoms with Gasteiger partial charge in [-0.1, -0.05) is 30.3 Å². The van der Waals surface area contributed by atoms with Gasteiger partial charge in [-0.2, -0.15) is 0 Å². The number of aliphatic carboxylic acids is 2. The Hall–Kier alpha value is -4.91. The molecule has 3 amide bonds. The highest BCUT2D eigenvalue weighted by Crippen LogP contribution is 2.22. The van der Waals surface area contributed by atoms with Crippen LogP contribution in [0.5, 0.6) is 5.75 Å². The van der Waals surface area contributed by atoms with Gasteiger partial charge in [0.2, 0.25) is 17.7 Å². The maximum atomic E-state index is 13.8. The number of hydrogen-bond donors (Lipinski definition) is 7. The van der Waals surface area contributed by atoms with Crippen molar-refractivity contribution in [2.24, 2.45) is 5.73 Å². The Bertz CT molecular complexity index is 1470. The summed E-state index contributed by atoms with van der Waals surface area (Å²) in [6.07, 6.45) is 1.86. The molecule has 2 heterocycles. The molecule has 4 rings (SSSR count). The van der Waals surface area contributed by atoms with Crippen molar-refractivity contribution in [2.75, 3.05) is 6.54 Å². The molecule has 222 valence electrons. The summed E-state index contributed by atoms with van der Waals surface area (Å²) in [4.78, 5) is 67.0. The fourth-order valence-electron chi connectivity index (χ4n) is 5.12. The molecule has 1 aliphatic rings. The molecule has 0 saturated carbocycles. The van der Waals surface area contributed by atoms with Crippen LogP contribution in [0.15, 0.2) is 54.7 Å². The van der Waals surface area contributed by atoms with E-state index in [4.69, 9.17) is 10.8 Å². The van der Waals surface area contributed by atoms with Gasteiger partial charge in [0.15, 0.2) is 0 Å². The average Bonchev–Trinajstić information content (AvgIpc) is 3.60. The molecule has 13 heteroatoms. The first-order valence-corrected chi connectivity index (χ1v) is 13.5. The molecule has 4 unspecified atom stereocenters. The highest BCUT2D eigenvalue weighted by atomic mass is 16.4. The first-order valence-electron chi connectivity index (χ1n) is 13.5. The molecule has 13 nitrogen and oxygen atoms in total. The van der Waals surface area contributed by atoms with E-state index in [0.717, 1.165) is 16.5 Å². The number of nitrogens with two attached hydrogens (primary N) is 1. The van der Waals surface area contributed by atoms with Gasteiger partial charge in [0.25, 0.3) is 0 Å². The van der Waals surface area contributed by atoms with Crippen LogP contribution in [-0.4, -0.2) is 85.6 Å². The number of carboxylic acid groups (broad SMARTS) is 2. The number of likely N-dealkylation sites (tertiary alicyclic amines) is 1. The van der Waals surface area contributed by atoms with Crippen molar-refractivity contribution in [2.45, 2.75) is 56.3 Å². The number of nitrogens with zero attached hydrogens (tertiary/aromatic N) is 1. The lowest BCUT2D eigenvalue weighted by atomic mass is 10.0. The summed E-state index contributed by atoms with van der Waals surface area (Å²) in [7, 11) is 0. The molecule has 1 aliphatic heterocycles. The SMILES string of the molecule is NC(Cc1c[nH]c2ccccc12)C(=O)NC(Cc1ccc(O)cc1)C(=O)N1CCCC1C(=O)NC(CC(=O)O)C(=O)O. The standard InChI is InChI=1S/C29H33N5O8/c30-20(13-17-15-31-21-5-2-1-4-19(17)21)26(38)32-22(12-16-7-9-18(35)10-8-16)28(40)34-11-3-6-24(34)27(39)33-23(29(41)42)14-25(36)37/h1-2,4-5,7-10,15,20,22-24,31,35H,3,6,11-14,30H2,(H,32,38)(H,33,39)(H,36,37)(H,41,42). The van der Waals surface area contributed by atoms with E-state index in [9.17, 15) is 34.2 Å². The third-order valence-electron chi connectivity index (χ3n) is 7.27. The number of carboxylic acids is 2. The number of aromatic hydroxyl groups is 1. The van der Waals surface area contributed by atoms with E-state index in [-0.39, 0.29) is 31.6 Å². The number of hydrogen-bond acceptors (Lipinski definition) is 7. The third-order valence-corrected chi connectivity index (χ3v) is 7.27. The van der Waals surface area contributed by atoms with Gasteiger partial charge in [0, 0.05) is 30.1 Å². The second kappa shape index (κ2) is 13.2. The molecule has 0 spiro atoms. The van der Waals surface area contributed by atoms with Crippen LogP contribution >= 0.6 is 0 Å². The fraction of sp³-hybridized carbons (Fsp3) is 0.345. The molecule has 1 fully saturated rings. The second-order valence-electron chi connectivity index (χ2n) is 10.3. The van der Waals surface area contributed by atoms with Gasteiger partial charge in [-0.3, -0.25) is 19.2 Å². The Labute approximate surface area is 240 Å². The van der Waals surface area contributed by atoms with Crippen molar-refractivity contribution in [3.63, 3.8) is 0 Å². The third kappa shape index (κ3) is 7.23. The number of para-hydroxylation sites is 1. The zero-order valence-electron chi connectivity index (χ0n) is 22.7. The minimum atomic E-state index is -1.66. The number of benzene rings is 2. The number of H-pyrrole nitrogens is 1. The first-order chi connectivity index (χ1) is 20.0. The van der Waals surface area contributed by atoms with Crippen molar-refractivity contribution in [1.82, 2.24) is 20.5 Å². The van der Waals surface area contributed by atoms with Crippen molar-refractivity contribution < 1.29 is 39.3 Å². The number of carbonyl (C=O) groups is 5. The Morgan fingerprint density at radius 1 is 0.976 bits per heavy atom. The predicted octanol–water partition coefficient (Wildman–Crippen LogP) is 0.506. The van der Waals surface area contributed by atoms with Gasteiger partial charge < -0.3 is 41.6 Å². The Morgan fingerprint density at radius 3 is 2.38 bits per heavy atom. The zero-order valence-corrected chi connectivity index (χ0v) is 22.7. The molecule has 1 saturated heterocycles. The van der Waals surface area contributed by atoms with Crippen LogP contribution < -0.4 is 16.4 Å². The number of aromatic amines is 1. The number of amides is 3. The van der Waals surface area contributed by atoms with Gasteiger partial charge in [-0.25, -0.2) is 4.79 Å². The Morgan fingerprint density at radius 2 is 1.69 bits per heavy atom. The minimum absolute atomic E-state index is 0.0250. The monoisotopic (exact) mass is 579 g/mol. The van der Waals surface area contributed by atoms with E-state index in [2.05, 4.69) is 15.6 Å². The van der Waals surface area contributed by atoms with Crippen LogP contribution in [0.3, 0.4) is 0 Å². The summed E-state index contributed by atoms with van der Waals surface area (Å²) >= 11 is 0. The molecule has 3 aromatic rings. The molecule has 8 N–H and O–H groups in total. The summed E-state index contributed by atoms with van der Waals surface area (Å²) in [6.45, 7) is 0.178. The van der Waals surface area contributed by atoms with E-state index in [1.165, 1.54) is 17.0 Å². The van der Waals surface area contributed by atoms with E-state index in [1.807, 2.05) is 24.3 Å². The maximum absolute atomic E-state index is 13.8. The number of aromatic nitrogens is 1. The van der Waals surface area contributed by atoms with Gasteiger partial charge in [-0.15, -0.1) is 0 Å². The quantitative estimate of drug-likeness (QED) is 0.159. The lowest BCUT2D eigenvalue weighted by Gasteiger charge is -2.30. The van der Waals surface area contributed by atoms with Crippen molar-refractivity contribution in [3.05, 3.63) is 65.9 Å². The number of carbonyl (C=O) groups excluding carboxylic acids is 3. The first kappa shape index (κ1) is 30.1. The van der Waals surface area contributed by atoms with Crippen LogP contribution in [0.25, 0.3) is 10.9 Å². The summed E-state index contributed by atoms with van der Waals surface area (Å²) in [5, 5.41) is 33.9. The van der Waals surface area contributed by atoms with Gasteiger partial charge in [0.05, 0.1) is 12.5 Å². The van der Waals surface area contributed by atoms with Crippen molar-refractivity contribution in [1.29, 1.82) is 0 Å². The van der Waals surface area contributed by atoms with Gasteiger partial charge in [-0.05, 0) is 48.6 Å². The zero-order chi connectivity index (χ0) is 30.4. The number of rotatable bonds is 12. The molecule has 0 bridgehead atoms. The summed E-state index contributed by atoms with van der Waals surface area (Å²) in [6, 6.07) is 8.83. The summed E-state index contributed by atoms with van der Waals surface area (Å²) < 4.78 is 0. The molecule has 42 heavy (non-hydrogen) atoms. The van der Waals surface area contributed by atoms with Crippen molar-refractivity contribution in [3.8, 4) is 5.75 Å². The lowest BCUT2D eigenvalue weighted by Crippen LogP contribution is -2.57. The van der Waals surface area contributed by atoms with E-state index in [0.29, 0.717) is 12.0 Å². The van der Waals surface area contributed by atoms with Crippen LogP contribution in [0.2, 0.25) is 0 Å². The fourth-order valence-corrected chi connectivity index (χ4v) is 5.12. The highest BCUT2D eigenvalue weighted by Gasteiger charge is 2.39. The predicted molar refractivity (Wildman–Crippen MR) is 150 cm³/mol. The van der Waals surface area contributed by atoms with Crippen LogP contribution in [0.1, 0.15) is 30.4 Å². The normalized spacial score (nSPS) is 16.9. The smallest absolute Gasteiger partial charge is 0.326 e. The molecular formula is C29H33N5O8. The molecule has 1 aromatic heterocycles. The van der Waals surface area contributed by atoms with Crippen LogP contribution in [-0.2, 0) is 36.8 Å². The number of nitrogens with one attached hydrogen (secondary N) is 3.